The van der Waals surface area contributed by atoms with Crippen molar-refractivity contribution in [3.8, 4) is 0 Å². The molecular weight excluding hydrogens is 282 g/mol. The molecule has 1 N–H and O–H groups in total. The third-order valence-electron chi connectivity index (χ3n) is 2.09. The van der Waals surface area contributed by atoms with Crippen molar-refractivity contribution >= 4 is 11.4 Å². The zero-order valence-corrected chi connectivity index (χ0v) is 8.97. The van der Waals surface area contributed by atoms with Crippen LogP contribution in [0.5, 0.6) is 0 Å². The van der Waals surface area contributed by atoms with Gasteiger partial charge in [0.05, 0.1) is 11.5 Å². The van der Waals surface area contributed by atoms with Gasteiger partial charge in [0.15, 0.2) is 17.3 Å². The molecule has 0 saturated heterocycles. The van der Waals surface area contributed by atoms with Gasteiger partial charge in [0.2, 0.25) is 0 Å². The number of halogens is 6. The number of benzene rings is 1. The predicted molar refractivity (Wildman–Crippen MR) is 52.5 cm³/mol. The van der Waals surface area contributed by atoms with E-state index in [9.17, 15) is 36.5 Å². The Kier molecular flexibility index (Phi) is 4.22. The van der Waals surface area contributed by atoms with Crippen LogP contribution >= 0.6 is 0 Å². The van der Waals surface area contributed by atoms with E-state index < -0.39 is 46.8 Å². The van der Waals surface area contributed by atoms with Crippen molar-refractivity contribution in [1.82, 2.24) is 0 Å². The summed E-state index contributed by atoms with van der Waals surface area (Å²) in [5.41, 5.74) is -2.24. The van der Waals surface area contributed by atoms with Gasteiger partial charge >= 0.3 is 12.3 Å². The molecule has 0 saturated carbocycles. The molecule has 0 bridgehead atoms. The van der Waals surface area contributed by atoms with Crippen molar-refractivity contribution in [3.63, 3.8) is 0 Å². The van der Waals surface area contributed by atoms with Gasteiger partial charge in [0.25, 0.3) is 5.69 Å². The lowest BCUT2D eigenvalue weighted by atomic mass is 10.2. The highest BCUT2D eigenvalue weighted by Crippen LogP contribution is 2.31. The van der Waals surface area contributed by atoms with Gasteiger partial charge in [-0.1, -0.05) is 0 Å². The van der Waals surface area contributed by atoms with E-state index in [4.69, 9.17) is 0 Å². The lowest BCUT2D eigenvalue weighted by molar-refractivity contribution is -0.384. The van der Waals surface area contributed by atoms with Crippen molar-refractivity contribution < 1.29 is 31.3 Å². The maximum Gasteiger partial charge on any atom is 0.324 e. The van der Waals surface area contributed by atoms with Crippen LogP contribution in [-0.2, 0) is 0 Å². The number of rotatable bonds is 5. The van der Waals surface area contributed by atoms with Crippen molar-refractivity contribution in [2.45, 2.75) is 12.3 Å². The molecule has 0 unspecified atom stereocenters. The second kappa shape index (κ2) is 5.33. The highest BCUT2D eigenvalue weighted by molar-refractivity contribution is 5.62. The number of anilines is 1. The Morgan fingerprint density at radius 1 is 1.32 bits per heavy atom. The second-order valence-electron chi connectivity index (χ2n) is 3.43. The predicted octanol–water partition coefficient (Wildman–Crippen LogP) is 3.19. The van der Waals surface area contributed by atoms with Crippen LogP contribution in [0, 0.1) is 21.7 Å². The summed E-state index contributed by atoms with van der Waals surface area (Å²) in [5, 5.41) is 11.9. The summed E-state index contributed by atoms with van der Waals surface area (Å²) < 4.78 is 75.0. The lowest BCUT2D eigenvalue weighted by Crippen LogP contribution is -2.35. The van der Waals surface area contributed by atoms with Gasteiger partial charge in [0.1, 0.15) is 0 Å². The van der Waals surface area contributed by atoms with Crippen LogP contribution in [-0.4, -0.2) is 23.8 Å². The fourth-order valence-corrected chi connectivity index (χ4v) is 1.14. The quantitative estimate of drug-likeness (QED) is 0.514. The fourth-order valence-electron chi connectivity index (χ4n) is 1.14. The average Bonchev–Trinajstić information content (AvgIpc) is 2.30. The first-order valence-electron chi connectivity index (χ1n) is 4.69. The largest absolute Gasteiger partial charge is 0.371 e. The first-order chi connectivity index (χ1) is 8.66. The van der Waals surface area contributed by atoms with Crippen LogP contribution in [0.3, 0.4) is 0 Å². The molecule has 19 heavy (non-hydrogen) atoms. The second-order valence-corrected chi connectivity index (χ2v) is 3.43. The zero-order valence-electron chi connectivity index (χ0n) is 8.97. The average molecular weight is 288 g/mol. The molecular formula is C9H6F6N2O2. The van der Waals surface area contributed by atoms with E-state index in [1.54, 1.807) is 0 Å². The molecule has 0 aliphatic rings. The molecule has 106 valence electrons. The monoisotopic (exact) mass is 288 g/mol. The van der Waals surface area contributed by atoms with Gasteiger partial charge in [-0.3, -0.25) is 10.1 Å². The SMILES string of the molecule is O=[N+]([O-])c1ccc(F)c(F)c1NCC(F)(F)C(F)F. The Labute approximate surface area is 102 Å². The Bertz CT molecular complexity index is 494. The smallest absolute Gasteiger partial charge is 0.324 e. The zero-order chi connectivity index (χ0) is 14.8. The van der Waals surface area contributed by atoms with E-state index in [1.807, 2.05) is 0 Å². The molecule has 0 aromatic heterocycles. The molecule has 0 aliphatic carbocycles. The minimum absolute atomic E-state index is 0.421. The van der Waals surface area contributed by atoms with Gasteiger partial charge in [-0.15, -0.1) is 0 Å². The Morgan fingerprint density at radius 2 is 1.89 bits per heavy atom. The minimum atomic E-state index is -4.54. The molecule has 1 rings (SSSR count). The number of alkyl halides is 4. The number of hydrogen-bond donors (Lipinski definition) is 1. The molecule has 0 aliphatic heterocycles. The number of nitrogens with one attached hydrogen (secondary N) is 1. The van der Waals surface area contributed by atoms with Crippen LogP contribution in [0.25, 0.3) is 0 Å². The summed E-state index contributed by atoms with van der Waals surface area (Å²) in [4.78, 5) is 9.32. The van der Waals surface area contributed by atoms with Gasteiger partial charge < -0.3 is 5.32 Å². The third kappa shape index (κ3) is 3.26. The highest BCUT2D eigenvalue weighted by atomic mass is 19.3. The summed E-state index contributed by atoms with van der Waals surface area (Å²) in [6, 6.07) is 0.950. The normalized spacial score (nSPS) is 11.7. The van der Waals surface area contributed by atoms with E-state index >= 15 is 0 Å². The Morgan fingerprint density at radius 3 is 2.37 bits per heavy atom. The van der Waals surface area contributed by atoms with Crippen molar-refractivity contribution in [2.75, 3.05) is 11.9 Å². The number of hydrogen-bond acceptors (Lipinski definition) is 3. The van der Waals surface area contributed by atoms with Gasteiger partial charge in [-0.05, 0) is 6.07 Å². The van der Waals surface area contributed by atoms with E-state index in [0.717, 1.165) is 0 Å². The number of nitrogens with zero attached hydrogens (tertiary/aromatic N) is 1. The first-order valence-corrected chi connectivity index (χ1v) is 4.69. The first kappa shape index (κ1) is 15.1. The Hall–Kier alpha value is -2.00. The summed E-state index contributed by atoms with van der Waals surface area (Å²) in [7, 11) is 0. The molecule has 0 fully saturated rings. The molecule has 4 nitrogen and oxygen atoms in total. The van der Waals surface area contributed by atoms with Gasteiger partial charge in [0, 0.05) is 6.07 Å². The van der Waals surface area contributed by atoms with Crippen LogP contribution in [0.15, 0.2) is 12.1 Å². The molecule has 0 spiro atoms. The van der Waals surface area contributed by atoms with Gasteiger partial charge in [-0.25, -0.2) is 17.6 Å². The van der Waals surface area contributed by atoms with E-state index in [0.29, 0.717) is 12.1 Å². The molecule has 0 heterocycles. The summed E-state index contributed by atoms with van der Waals surface area (Å²) >= 11 is 0. The maximum absolute atomic E-state index is 13.2. The lowest BCUT2D eigenvalue weighted by Gasteiger charge is -2.16. The van der Waals surface area contributed by atoms with Crippen LogP contribution in [0.1, 0.15) is 0 Å². The van der Waals surface area contributed by atoms with Crippen molar-refractivity contribution in [1.29, 1.82) is 0 Å². The van der Waals surface area contributed by atoms with E-state index in [2.05, 4.69) is 0 Å². The molecule has 10 heteroatoms. The van der Waals surface area contributed by atoms with Gasteiger partial charge in [-0.2, -0.15) is 8.78 Å². The molecule has 1 aromatic carbocycles. The number of nitro benzene ring substituents is 1. The summed E-state index contributed by atoms with van der Waals surface area (Å²) in [6.07, 6.45) is -4.05. The van der Waals surface area contributed by atoms with Crippen LogP contribution in [0.2, 0.25) is 0 Å². The summed E-state index contributed by atoms with van der Waals surface area (Å²) in [5.74, 6) is -7.86. The number of nitro groups is 1. The fraction of sp³-hybridized carbons (Fsp3) is 0.333. The molecule has 0 radical (unpaired) electrons. The highest BCUT2D eigenvalue weighted by Gasteiger charge is 2.41. The van der Waals surface area contributed by atoms with E-state index in [-0.39, 0.29) is 0 Å². The standard InChI is InChI=1S/C9H6F6N2O2/c10-4-1-2-5(17(18)19)7(6(4)11)16-3-9(14,15)8(12)13/h1-2,8,16H,3H2. The topological polar surface area (TPSA) is 55.2 Å². The third-order valence-corrected chi connectivity index (χ3v) is 2.09. The van der Waals surface area contributed by atoms with Crippen LogP contribution < -0.4 is 5.32 Å². The van der Waals surface area contributed by atoms with E-state index in [1.165, 1.54) is 5.32 Å². The molecule has 0 amide bonds. The molecule has 1 aromatic rings. The maximum atomic E-state index is 13.2. The molecule has 0 atom stereocenters. The van der Waals surface area contributed by atoms with Crippen molar-refractivity contribution in [3.05, 3.63) is 33.9 Å². The summed E-state index contributed by atoms with van der Waals surface area (Å²) in [6.45, 7) is -1.77. The van der Waals surface area contributed by atoms with Crippen molar-refractivity contribution in [2.24, 2.45) is 0 Å². The minimum Gasteiger partial charge on any atom is -0.371 e. The van der Waals surface area contributed by atoms with Crippen LogP contribution in [0.4, 0.5) is 37.7 Å². The Balaban J connectivity index is 3.06.